The SMILES string of the molecule is Cc1cc(CCl)cc(C#N)c1C(F)(F)F. The van der Waals surface area contributed by atoms with Crippen LogP contribution >= 0.6 is 11.6 Å². The number of nitriles is 1. The van der Waals surface area contributed by atoms with Crippen molar-refractivity contribution in [1.29, 1.82) is 5.26 Å². The lowest BCUT2D eigenvalue weighted by Crippen LogP contribution is -2.10. The molecule has 0 spiro atoms. The number of alkyl halides is 4. The lowest BCUT2D eigenvalue weighted by molar-refractivity contribution is -0.138. The molecule has 5 heteroatoms. The molecule has 80 valence electrons. The monoisotopic (exact) mass is 233 g/mol. The summed E-state index contributed by atoms with van der Waals surface area (Å²) in [4.78, 5) is 0. The van der Waals surface area contributed by atoms with Crippen molar-refractivity contribution in [2.75, 3.05) is 0 Å². The van der Waals surface area contributed by atoms with Crippen LogP contribution in [0.4, 0.5) is 13.2 Å². The van der Waals surface area contributed by atoms with E-state index in [1.807, 2.05) is 0 Å². The molecule has 1 nitrogen and oxygen atoms in total. The van der Waals surface area contributed by atoms with Crippen LogP contribution in [0, 0.1) is 18.3 Å². The molecule has 0 bridgehead atoms. The van der Waals surface area contributed by atoms with E-state index in [2.05, 4.69) is 0 Å². The fourth-order valence-corrected chi connectivity index (χ4v) is 1.56. The summed E-state index contributed by atoms with van der Waals surface area (Å²) < 4.78 is 37.6. The molecule has 0 aliphatic rings. The van der Waals surface area contributed by atoms with Gasteiger partial charge in [-0.15, -0.1) is 11.6 Å². The van der Waals surface area contributed by atoms with Crippen molar-refractivity contribution >= 4 is 11.6 Å². The topological polar surface area (TPSA) is 23.8 Å². The number of halogens is 4. The van der Waals surface area contributed by atoms with E-state index in [9.17, 15) is 13.2 Å². The van der Waals surface area contributed by atoms with Gasteiger partial charge in [0.25, 0.3) is 0 Å². The van der Waals surface area contributed by atoms with Gasteiger partial charge in [0, 0.05) is 5.88 Å². The molecular formula is C10H7ClF3N. The minimum Gasteiger partial charge on any atom is -0.192 e. The number of aryl methyl sites for hydroxylation is 1. The van der Waals surface area contributed by atoms with Gasteiger partial charge in [0.1, 0.15) is 0 Å². The standard InChI is InChI=1S/C10H7ClF3N/c1-6-2-7(4-11)3-8(5-15)9(6)10(12,13)14/h2-3H,4H2,1H3. The summed E-state index contributed by atoms with van der Waals surface area (Å²) in [6.07, 6.45) is -4.50. The first-order valence-electron chi connectivity index (χ1n) is 4.07. The summed E-state index contributed by atoms with van der Waals surface area (Å²) in [5.41, 5.74) is -0.715. The molecule has 0 aliphatic carbocycles. The Labute approximate surface area is 90.1 Å². The fourth-order valence-electron chi connectivity index (χ4n) is 1.40. The molecule has 0 saturated heterocycles. The van der Waals surface area contributed by atoms with E-state index in [0.29, 0.717) is 5.56 Å². The predicted molar refractivity (Wildman–Crippen MR) is 50.5 cm³/mol. The van der Waals surface area contributed by atoms with Crippen molar-refractivity contribution in [2.45, 2.75) is 19.0 Å². The minimum absolute atomic E-state index is 0.0252. The number of hydrogen-bond donors (Lipinski definition) is 0. The van der Waals surface area contributed by atoms with Crippen LogP contribution < -0.4 is 0 Å². The maximum Gasteiger partial charge on any atom is 0.417 e. The maximum absolute atomic E-state index is 12.5. The summed E-state index contributed by atoms with van der Waals surface area (Å²) in [6, 6.07) is 4.05. The average Bonchev–Trinajstić information content (AvgIpc) is 2.14. The van der Waals surface area contributed by atoms with Crippen LogP contribution in [0.15, 0.2) is 12.1 Å². The van der Waals surface area contributed by atoms with E-state index >= 15 is 0 Å². The molecule has 0 N–H and O–H groups in total. The Bertz CT molecular complexity index is 418. The summed E-state index contributed by atoms with van der Waals surface area (Å²) in [6.45, 7) is 1.32. The molecule has 0 saturated carbocycles. The Morgan fingerprint density at radius 3 is 2.40 bits per heavy atom. The molecule has 0 aromatic heterocycles. The van der Waals surface area contributed by atoms with Gasteiger partial charge in [-0.05, 0) is 24.1 Å². The zero-order valence-corrected chi connectivity index (χ0v) is 8.58. The van der Waals surface area contributed by atoms with Crippen molar-refractivity contribution in [2.24, 2.45) is 0 Å². The molecule has 1 rings (SSSR count). The smallest absolute Gasteiger partial charge is 0.192 e. The van der Waals surface area contributed by atoms with Crippen molar-refractivity contribution in [1.82, 2.24) is 0 Å². The Morgan fingerprint density at radius 2 is 2.00 bits per heavy atom. The van der Waals surface area contributed by atoms with Crippen LogP contribution in [-0.2, 0) is 12.1 Å². The Balaban J connectivity index is 3.47. The summed E-state index contributed by atoms with van der Waals surface area (Å²) in [5.74, 6) is 0.0909. The second-order valence-corrected chi connectivity index (χ2v) is 3.35. The molecule has 0 amide bonds. The average molecular weight is 234 g/mol. The van der Waals surface area contributed by atoms with Crippen LogP contribution in [-0.4, -0.2) is 0 Å². The van der Waals surface area contributed by atoms with Crippen molar-refractivity contribution < 1.29 is 13.2 Å². The van der Waals surface area contributed by atoms with E-state index < -0.39 is 11.7 Å². The number of rotatable bonds is 1. The number of nitrogens with zero attached hydrogens (tertiary/aromatic N) is 1. The lowest BCUT2D eigenvalue weighted by Gasteiger charge is -2.13. The van der Waals surface area contributed by atoms with Crippen molar-refractivity contribution in [3.8, 4) is 6.07 Å². The Morgan fingerprint density at radius 1 is 1.40 bits per heavy atom. The second-order valence-electron chi connectivity index (χ2n) is 3.08. The van der Waals surface area contributed by atoms with Crippen LogP contribution in [0.2, 0.25) is 0 Å². The van der Waals surface area contributed by atoms with E-state index in [-0.39, 0.29) is 17.0 Å². The van der Waals surface area contributed by atoms with Gasteiger partial charge in [0.05, 0.1) is 17.2 Å². The van der Waals surface area contributed by atoms with Gasteiger partial charge in [-0.1, -0.05) is 6.07 Å². The third-order valence-electron chi connectivity index (χ3n) is 1.95. The third kappa shape index (κ3) is 2.42. The fraction of sp³-hybridized carbons (Fsp3) is 0.300. The first-order valence-corrected chi connectivity index (χ1v) is 4.60. The highest BCUT2D eigenvalue weighted by Crippen LogP contribution is 2.35. The quantitative estimate of drug-likeness (QED) is 0.680. The van der Waals surface area contributed by atoms with E-state index in [1.165, 1.54) is 25.1 Å². The lowest BCUT2D eigenvalue weighted by atomic mass is 9.99. The Hall–Kier alpha value is -1.21. The molecule has 0 aliphatic heterocycles. The first-order chi connectivity index (χ1) is 6.90. The number of hydrogen-bond acceptors (Lipinski definition) is 1. The molecular weight excluding hydrogens is 227 g/mol. The van der Waals surface area contributed by atoms with Gasteiger partial charge in [0.15, 0.2) is 0 Å². The first kappa shape index (κ1) is 11.9. The van der Waals surface area contributed by atoms with Gasteiger partial charge in [-0.3, -0.25) is 0 Å². The van der Waals surface area contributed by atoms with Gasteiger partial charge in [-0.2, -0.15) is 18.4 Å². The second kappa shape index (κ2) is 4.11. The minimum atomic E-state index is -4.50. The van der Waals surface area contributed by atoms with E-state index in [1.54, 1.807) is 0 Å². The summed E-state index contributed by atoms with van der Waals surface area (Å²) in [7, 11) is 0. The molecule has 1 aromatic rings. The molecule has 0 atom stereocenters. The summed E-state index contributed by atoms with van der Waals surface area (Å²) in [5, 5.41) is 8.63. The molecule has 1 aromatic carbocycles. The molecule has 0 radical (unpaired) electrons. The van der Waals surface area contributed by atoms with Gasteiger partial charge >= 0.3 is 6.18 Å². The molecule has 0 fully saturated rings. The van der Waals surface area contributed by atoms with Gasteiger partial charge < -0.3 is 0 Å². The summed E-state index contributed by atoms with van der Waals surface area (Å²) >= 11 is 5.50. The van der Waals surface area contributed by atoms with Crippen molar-refractivity contribution in [3.05, 3.63) is 34.4 Å². The molecule has 0 unspecified atom stereocenters. The largest absolute Gasteiger partial charge is 0.417 e. The van der Waals surface area contributed by atoms with Crippen LogP contribution in [0.3, 0.4) is 0 Å². The highest BCUT2D eigenvalue weighted by molar-refractivity contribution is 6.17. The zero-order chi connectivity index (χ0) is 11.6. The predicted octanol–water partition coefficient (Wildman–Crippen LogP) is 3.62. The van der Waals surface area contributed by atoms with Gasteiger partial charge in [-0.25, -0.2) is 0 Å². The maximum atomic E-state index is 12.5. The van der Waals surface area contributed by atoms with Crippen LogP contribution in [0.25, 0.3) is 0 Å². The zero-order valence-electron chi connectivity index (χ0n) is 7.82. The molecule has 15 heavy (non-hydrogen) atoms. The third-order valence-corrected chi connectivity index (χ3v) is 2.26. The van der Waals surface area contributed by atoms with Gasteiger partial charge in [0.2, 0.25) is 0 Å². The highest BCUT2D eigenvalue weighted by atomic mass is 35.5. The highest BCUT2D eigenvalue weighted by Gasteiger charge is 2.35. The van der Waals surface area contributed by atoms with Crippen LogP contribution in [0.5, 0.6) is 0 Å². The number of benzene rings is 1. The van der Waals surface area contributed by atoms with E-state index in [0.717, 1.165) is 0 Å². The Kier molecular flexibility index (Phi) is 3.25. The van der Waals surface area contributed by atoms with Crippen LogP contribution in [0.1, 0.15) is 22.3 Å². The molecule has 0 heterocycles. The van der Waals surface area contributed by atoms with E-state index in [4.69, 9.17) is 16.9 Å². The van der Waals surface area contributed by atoms with Crippen molar-refractivity contribution in [3.63, 3.8) is 0 Å². The normalized spacial score (nSPS) is 11.2.